The van der Waals surface area contributed by atoms with Crippen LogP contribution in [0.4, 0.5) is 17.8 Å². The molecule has 0 radical (unpaired) electrons. The van der Waals surface area contributed by atoms with E-state index < -0.39 is 0 Å². The van der Waals surface area contributed by atoms with Gasteiger partial charge in [-0.15, -0.1) is 0 Å². The molecule has 4 aliphatic rings. The van der Waals surface area contributed by atoms with Gasteiger partial charge in [0.2, 0.25) is 17.8 Å². The van der Waals surface area contributed by atoms with Crippen LogP contribution >= 0.6 is 0 Å². The van der Waals surface area contributed by atoms with Gasteiger partial charge in [0.1, 0.15) is 0 Å². The highest BCUT2D eigenvalue weighted by atomic mass is 15.4. The second-order valence-electron chi connectivity index (χ2n) is 9.23. The highest BCUT2D eigenvalue weighted by Gasteiger charge is 2.44. The van der Waals surface area contributed by atoms with Gasteiger partial charge in [-0.25, -0.2) is 0 Å². The zero-order valence-corrected chi connectivity index (χ0v) is 17.2. The number of anilines is 3. The highest BCUT2D eigenvalue weighted by Crippen LogP contribution is 2.46. The van der Waals surface area contributed by atoms with Crippen molar-refractivity contribution in [1.82, 2.24) is 15.0 Å². The van der Waals surface area contributed by atoms with Crippen LogP contribution in [0, 0.1) is 0 Å². The van der Waals surface area contributed by atoms with Crippen LogP contribution in [-0.2, 0) is 11.8 Å². The summed E-state index contributed by atoms with van der Waals surface area (Å²) in [5.74, 6) is 2.68. The fourth-order valence-electron chi connectivity index (χ4n) is 5.83. The molecule has 1 aromatic heterocycles. The van der Waals surface area contributed by atoms with Gasteiger partial charge >= 0.3 is 0 Å². The van der Waals surface area contributed by atoms with Crippen molar-refractivity contribution in [1.29, 1.82) is 0 Å². The molecule has 3 aliphatic heterocycles. The van der Waals surface area contributed by atoms with Crippen LogP contribution in [-0.4, -0.2) is 54.2 Å². The lowest BCUT2D eigenvalue weighted by atomic mass is 9.81. The average Bonchev–Trinajstić information content (AvgIpc) is 3.56. The number of hydrogen-bond donors (Lipinski definition) is 0. The standard InChI is InChI=1S/C23H30N6/c1-2-8-19-18(7-1)9-10-23(19)11-16-29(17-23)22-25-20(27-12-3-4-13-27)24-21(26-22)28-14-5-6-15-28/h1-2,7-8H,3-6,9-17H2. The number of aryl methyl sites for hydroxylation is 1. The highest BCUT2D eigenvalue weighted by molar-refractivity contribution is 5.51. The van der Waals surface area contributed by atoms with E-state index >= 15 is 0 Å². The molecule has 0 bridgehead atoms. The molecule has 1 unspecified atom stereocenters. The first-order valence-electron chi connectivity index (χ1n) is 11.4. The number of nitrogens with zero attached hydrogens (tertiary/aromatic N) is 6. The number of aromatic nitrogens is 3. The molecule has 0 N–H and O–H groups in total. The Balaban J connectivity index is 1.33. The van der Waals surface area contributed by atoms with Crippen LogP contribution in [0.25, 0.3) is 0 Å². The third-order valence-corrected chi connectivity index (χ3v) is 7.48. The third-order valence-electron chi connectivity index (χ3n) is 7.48. The van der Waals surface area contributed by atoms with Crippen LogP contribution in [0.1, 0.15) is 49.7 Å². The van der Waals surface area contributed by atoms with E-state index in [0.717, 1.165) is 57.1 Å². The molecular formula is C23H30N6. The molecule has 6 heteroatoms. The van der Waals surface area contributed by atoms with E-state index in [0.29, 0.717) is 0 Å². The second-order valence-corrected chi connectivity index (χ2v) is 9.23. The van der Waals surface area contributed by atoms with E-state index in [1.807, 2.05) is 0 Å². The van der Waals surface area contributed by atoms with Crippen molar-refractivity contribution in [3.8, 4) is 0 Å². The lowest BCUT2D eigenvalue weighted by Gasteiger charge is -2.27. The Hall–Kier alpha value is -2.37. The molecule has 29 heavy (non-hydrogen) atoms. The molecule has 1 aromatic carbocycles. The Morgan fingerprint density at radius 3 is 1.90 bits per heavy atom. The van der Waals surface area contributed by atoms with Gasteiger partial charge in [0.25, 0.3) is 0 Å². The quantitative estimate of drug-likeness (QED) is 0.802. The van der Waals surface area contributed by atoms with E-state index in [1.165, 1.54) is 44.9 Å². The second kappa shape index (κ2) is 6.85. The molecule has 3 fully saturated rings. The monoisotopic (exact) mass is 390 g/mol. The Morgan fingerprint density at radius 1 is 0.655 bits per heavy atom. The predicted octanol–water partition coefficient (Wildman–Crippen LogP) is 3.17. The van der Waals surface area contributed by atoms with Crippen LogP contribution in [0.2, 0.25) is 0 Å². The summed E-state index contributed by atoms with van der Waals surface area (Å²) in [5, 5.41) is 0. The van der Waals surface area contributed by atoms with Crippen molar-refractivity contribution in [3.63, 3.8) is 0 Å². The minimum Gasteiger partial charge on any atom is -0.341 e. The Labute approximate surface area is 173 Å². The molecule has 2 aromatic rings. The molecule has 0 saturated carbocycles. The topological polar surface area (TPSA) is 48.4 Å². The number of benzene rings is 1. The van der Waals surface area contributed by atoms with Crippen LogP contribution in [0.3, 0.4) is 0 Å². The summed E-state index contributed by atoms with van der Waals surface area (Å²) in [6.07, 6.45) is 8.62. The first-order chi connectivity index (χ1) is 14.3. The van der Waals surface area contributed by atoms with Gasteiger partial charge in [0.15, 0.2) is 0 Å². The maximum Gasteiger partial charge on any atom is 0.231 e. The van der Waals surface area contributed by atoms with E-state index in [-0.39, 0.29) is 5.41 Å². The Bertz CT molecular complexity index is 868. The largest absolute Gasteiger partial charge is 0.341 e. The van der Waals surface area contributed by atoms with Gasteiger partial charge in [-0.05, 0) is 56.1 Å². The number of rotatable bonds is 3. The summed E-state index contributed by atoms with van der Waals surface area (Å²) in [4.78, 5) is 22.0. The van der Waals surface area contributed by atoms with Crippen molar-refractivity contribution >= 4 is 17.8 Å². The van der Waals surface area contributed by atoms with Gasteiger partial charge in [-0.3, -0.25) is 0 Å². The molecule has 1 atom stereocenters. The normalized spacial score (nSPS) is 26.1. The van der Waals surface area contributed by atoms with Gasteiger partial charge in [0, 0.05) is 44.7 Å². The fourth-order valence-corrected chi connectivity index (χ4v) is 5.83. The molecule has 0 amide bonds. The van der Waals surface area contributed by atoms with Crippen molar-refractivity contribution < 1.29 is 0 Å². The molecule has 4 heterocycles. The summed E-state index contributed by atoms with van der Waals surface area (Å²) in [5.41, 5.74) is 3.39. The van der Waals surface area contributed by atoms with Gasteiger partial charge in [0.05, 0.1) is 0 Å². The first kappa shape index (κ1) is 17.5. The smallest absolute Gasteiger partial charge is 0.231 e. The number of hydrogen-bond acceptors (Lipinski definition) is 6. The van der Waals surface area contributed by atoms with Crippen molar-refractivity contribution in [2.75, 3.05) is 54.0 Å². The van der Waals surface area contributed by atoms with Gasteiger partial charge in [-0.2, -0.15) is 15.0 Å². The summed E-state index contributed by atoms with van der Waals surface area (Å²) >= 11 is 0. The molecular weight excluding hydrogens is 360 g/mol. The molecule has 3 saturated heterocycles. The van der Waals surface area contributed by atoms with Gasteiger partial charge < -0.3 is 14.7 Å². The fraction of sp³-hybridized carbons (Fsp3) is 0.609. The summed E-state index contributed by atoms with van der Waals surface area (Å²) in [6.45, 7) is 6.35. The van der Waals surface area contributed by atoms with E-state index in [9.17, 15) is 0 Å². The Morgan fingerprint density at radius 2 is 1.24 bits per heavy atom. The summed E-state index contributed by atoms with van der Waals surface area (Å²) in [6, 6.07) is 9.05. The predicted molar refractivity (Wildman–Crippen MR) is 116 cm³/mol. The first-order valence-corrected chi connectivity index (χ1v) is 11.4. The molecule has 152 valence electrons. The van der Waals surface area contributed by atoms with E-state index in [1.54, 1.807) is 11.1 Å². The summed E-state index contributed by atoms with van der Waals surface area (Å²) in [7, 11) is 0. The zero-order chi connectivity index (χ0) is 19.3. The van der Waals surface area contributed by atoms with Gasteiger partial charge in [-0.1, -0.05) is 24.3 Å². The molecule has 6 rings (SSSR count). The lowest BCUT2D eigenvalue weighted by molar-refractivity contribution is 0.473. The van der Waals surface area contributed by atoms with Crippen molar-refractivity contribution in [2.45, 2.75) is 50.4 Å². The molecule has 1 spiro atoms. The van der Waals surface area contributed by atoms with Crippen LogP contribution in [0.15, 0.2) is 24.3 Å². The maximum atomic E-state index is 4.98. The number of fused-ring (bicyclic) bond motifs is 2. The minimum absolute atomic E-state index is 0.283. The minimum atomic E-state index is 0.283. The third kappa shape index (κ3) is 2.95. The van der Waals surface area contributed by atoms with E-state index in [4.69, 9.17) is 15.0 Å². The Kier molecular flexibility index (Phi) is 4.13. The average molecular weight is 391 g/mol. The lowest BCUT2D eigenvalue weighted by Crippen LogP contribution is -2.32. The maximum absolute atomic E-state index is 4.98. The van der Waals surface area contributed by atoms with E-state index in [2.05, 4.69) is 39.0 Å². The van der Waals surface area contributed by atoms with Crippen molar-refractivity contribution in [3.05, 3.63) is 35.4 Å². The SMILES string of the molecule is c1ccc2c(c1)CCC21CCN(c2nc(N3CCCC3)nc(N3CCCC3)n2)C1. The zero-order valence-electron chi connectivity index (χ0n) is 17.2. The van der Waals surface area contributed by atoms with Crippen LogP contribution < -0.4 is 14.7 Å². The molecule has 6 nitrogen and oxygen atoms in total. The molecule has 1 aliphatic carbocycles. The van der Waals surface area contributed by atoms with Crippen molar-refractivity contribution in [2.24, 2.45) is 0 Å². The van der Waals surface area contributed by atoms with Crippen LogP contribution in [0.5, 0.6) is 0 Å². The summed E-state index contributed by atoms with van der Waals surface area (Å²) < 4.78 is 0.